The van der Waals surface area contributed by atoms with Crippen LogP contribution in [0.15, 0.2) is 0 Å². The molecule has 86 valence electrons. The molecule has 0 aliphatic carbocycles. The van der Waals surface area contributed by atoms with E-state index in [1.54, 1.807) is 6.92 Å². The molecule has 1 unspecified atom stereocenters. The number of hydrogen-bond donors (Lipinski definition) is 2. The SMILES string of the molecule is CCC(C#N)C(=O)NCCCS(N)(=O)=O. The highest BCUT2D eigenvalue weighted by molar-refractivity contribution is 7.89. The topological polar surface area (TPSA) is 113 Å². The maximum absolute atomic E-state index is 11.2. The van der Waals surface area contributed by atoms with E-state index in [4.69, 9.17) is 10.4 Å². The lowest BCUT2D eigenvalue weighted by atomic mass is 10.1. The zero-order valence-corrected chi connectivity index (χ0v) is 9.38. The van der Waals surface area contributed by atoms with Crippen LogP contribution in [0.1, 0.15) is 19.8 Å². The number of primary sulfonamides is 1. The predicted octanol–water partition coefficient (Wildman–Crippen LogP) is -0.669. The fourth-order valence-corrected chi connectivity index (χ4v) is 1.49. The predicted molar refractivity (Wildman–Crippen MR) is 55.0 cm³/mol. The summed E-state index contributed by atoms with van der Waals surface area (Å²) in [6.07, 6.45) is 0.698. The Balaban J connectivity index is 3.79. The summed E-state index contributed by atoms with van der Waals surface area (Å²) < 4.78 is 21.1. The van der Waals surface area contributed by atoms with Crippen LogP contribution in [0.5, 0.6) is 0 Å². The van der Waals surface area contributed by atoms with Gasteiger partial charge in [-0.2, -0.15) is 5.26 Å². The van der Waals surface area contributed by atoms with Crippen molar-refractivity contribution in [1.29, 1.82) is 5.26 Å². The van der Waals surface area contributed by atoms with Gasteiger partial charge < -0.3 is 5.32 Å². The van der Waals surface area contributed by atoms with Crippen molar-refractivity contribution in [2.24, 2.45) is 11.1 Å². The molecule has 0 aliphatic rings. The van der Waals surface area contributed by atoms with Crippen molar-refractivity contribution in [2.75, 3.05) is 12.3 Å². The Morgan fingerprint density at radius 2 is 2.20 bits per heavy atom. The van der Waals surface area contributed by atoms with Crippen LogP contribution in [-0.2, 0) is 14.8 Å². The fourth-order valence-electron chi connectivity index (χ4n) is 0.943. The molecule has 0 spiro atoms. The molecule has 6 nitrogen and oxygen atoms in total. The first kappa shape index (κ1) is 13.9. The molecule has 1 amide bonds. The van der Waals surface area contributed by atoms with Crippen LogP contribution in [0.4, 0.5) is 0 Å². The van der Waals surface area contributed by atoms with Gasteiger partial charge in [-0.3, -0.25) is 4.79 Å². The Bertz CT molecular complexity index is 345. The number of nitrogens with two attached hydrogens (primary N) is 1. The Labute approximate surface area is 89.5 Å². The van der Waals surface area contributed by atoms with Gasteiger partial charge in [0.2, 0.25) is 15.9 Å². The van der Waals surface area contributed by atoms with Gasteiger partial charge in [0.15, 0.2) is 0 Å². The van der Waals surface area contributed by atoms with Crippen LogP contribution in [0.25, 0.3) is 0 Å². The second-order valence-electron chi connectivity index (χ2n) is 3.10. The zero-order chi connectivity index (χ0) is 11.9. The molecular formula is C8H15N3O3S. The first-order valence-electron chi connectivity index (χ1n) is 4.58. The molecule has 0 aromatic heterocycles. The maximum Gasteiger partial charge on any atom is 0.237 e. The third kappa shape index (κ3) is 6.88. The normalized spacial score (nSPS) is 12.9. The second kappa shape index (κ2) is 6.37. The average Bonchev–Trinajstić information content (AvgIpc) is 2.13. The Hall–Kier alpha value is -1.13. The number of nitrogens with zero attached hydrogens (tertiary/aromatic N) is 1. The highest BCUT2D eigenvalue weighted by Gasteiger charge is 2.14. The van der Waals surface area contributed by atoms with Gasteiger partial charge in [0, 0.05) is 6.54 Å². The number of rotatable bonds is 6. The van der Waals surface area contributed by atoms with E-state index in [9.17, 15) is 13.2 Å². The van der Waals surface area contributed by atoms with Crippen molar-refractivity contribution < 1.29 is 13.2 Å². The molecule has 0 heterocycles. The molecule has 0 rings (SSSR count). The molecule has 15 heavy (non-hydrogen) atoms. The highest BCUT2D eigenvalue weighted by Crippen LogP contribution is 1.99. The lowest BCUT2D eigenvalue weighted by Crippen LogP contribution is -2.31. The van der Waals surface area contributed by atoms with Crippen LogP contribution in [-0.4, -0.2) is 26.6 Å². The molecule has 1 atom stereocenters. The zero-order valence-electron chi connectivity index (χ0n) is 8.56. The van der Waals surface area contributed by atoms with Crippen molar-refractivity contribution in [3.05, 3.63) is 0 Å². The van der Waals surface area contributed by atoms with Crippen LogP contribution in [0.2, 0.25) is 0 Å². The monoisotopic (exact) mass is 233 g/mol. The van der Waals surface area contributed by atoms with Crippen molar-refractivity contribution >= 4 is 15.9 Å². The third-order valence-electron chi connectivity index (χ3n) is 1.79. The van der Waals surface area contributed by atoms with Gasteiger partial charge in [-0.05, 0) is 12.8 Å². The first-order chi connectivity index (χ1) is 6.90. The van der Waals surface area contributed by atoms with Gasteiger partial charge in [0.05, 0.1) is 11.8 Å². The van der Waals surface area contributed by atoms with Crippen molar-refractivity contribution in [1.82, 2.24) is 5.32 Å². The molecule has 0 fully saturated rings. The summed E-state index contributed by atoms with van der Waals surface area (Å²) in [7, 11) is -3.47. The van der Waals surface area contributed by atoms with Gasteiger partial charge in [0.1, 0.15) is 5.92 Å². The summed E-state index contributed by atoms with van der Waals surface area (Å²) in [4.78, 5) is 11.2. The second-order valence-corrected chi connectivity index (χ2v) is 4.84. The van der Waals surface area contributed by atoms with E-state index in [2.05, 4.69) is 5.32 Å². The van der Waals surface area contributed by atoms with E-state index in [1.165, 1.54) is 0 Å². The minimum atomic E-state index is -3.47. The molecule has 0 aromatic rings. The molecule has 0 aliphatic heterocycles. The molecule has 7 heteroatoms. The third-order valence-corrected chi connectivity index (χ3v) is 2.64. The van der Waals surface area contributed by atoms with Crippen LogP contribution >= 0.6 is 0 Å². The lowest BCUT2D eigenvalue weighted by Gasteiger charge is -2.07. The maximum atomic E-state index is 11.2. The molecule has 3 N–H and O–H groups in total. The number of nitrogens with one attached hydrogen (secondary N) is 1. The minimum absolute atomic E-state index is 0.170. The van der Waals surface area contributed by atoms with E-state index in [-0.39, 0.29) is 24.6 Å². The number of nitriles is 1. The summed E-state index contributed by atoms with van der Waals surface area (Å²) in [5.74, 6) is -1.20. The molecule has 0 saturated heterocycles. The van der Waals surface area contributed by atoms with Gasteiger partial charge in [0.25, 0.3) is 0 Å². The van der Waals surface area contributed by atoms with Crippen LogP contribution in [0.3, 0.4) is 0 Å². The highest BCUT2D eigenvalue weighted by atomic mass is 32.2. The Morgan fingerprint density at radius 3 is 2.60 bits per heavy atom. The number of carbonyl (C=O) groups excluding carboxylic acids is 1. The number of sulfonamides is 1. The number of carbonyl (C=O) groups is 1. The summed E-state index contributed by atoms with van der Waals surface area (Å²) in [5.41, 5.74) is 0. The Kier molecular flexibility index (Phi) is 5.89. The molecule has 0 bridgehead atoms. The number of hydrogen-bond acceptors (Lipinski definition) is 4. The van der Waals surface area contributed by atoms with Gasteiger partial charge >= 0.3 is 0 Å². The summed E-state index contributed by atoms with van der Waals surface area (Å²) in [6.45, 7) is 1.95. The number of amides is 1. The smallest absolute Gasteiger partial charge is 0.237 e. The fraction of sp³-hybridized carbons (Fsp3) is 0.750. The summed E-state index contributed by atoms with van der Waals surface area (Å²) in [5, 5.41) is 15.8. The minimum Gasteiger partial charge on any atom is -0.355 e. The molecular weight excluding hydrogens is 218 g/mol. The Morgan fingerprint density at radius 1 is 1.60 bits per heavy atom. The molecule has 0 saturated carbocycles. The van der Waals surface area contributed by atoms with Crippen molar-refractivity contribution in [2.45, 2.75) is 19.8 Å². The molecule has 0 aromatic carbocycles. The van der Waals surface area contributed by atoms with Crippen molar-refractivity contribution in [3.8, 4) is 6.07 Å². The first-order valence-corrected chi connectivity index (χ1v) is 6.30. The van der Waals surface area contributed by atoms with E-state index in [0.717, 1.165) is 0 Å². The largest absolute Gasteiger partial charge is 0.355 e. The van der Waals surface area contributed by atoms with E-state index >= 15 is 0 Å². The average molecular weight is 233 g/mol. The van der Waals surface area contributed by atoms with E-state index in [1.807, 2.05) is 6.07 Å². The van der Waals surface area contributed by atoms with Crippen molar-refractivity contribution in [3.63, 3.8) is 0 Å². The molecule has 0 radical (unpaired) electrons. The van der Waals surface area contributed by atoms with E-state index < -0.39 is 15.9 Å². The quantitative estimate of drug-likeness (QED) is 0.592. The van der Waals surface area contributed by atoms with Gasteiger partial charge in [-0.25, -0.2) is 13.6 Å². The summed E-state index contributed by atoms with van der Waals surface area (Å²) in [6, 6.07) is 1.85. The lowest BCUT2D eigenvalue weighted by molar-refractivity contribution is -0.123. The van der Waals surface area contributed by atoms with Crippen LogP contribution in [0, 0.1) is 17.2 Å². The summed E-state index contributed by atoms with van der Waals surface area (Å²) >= 11 is 0. The van der Waals surface area contributed by atoms with Gasteiger partial charge in [-0.15, -0.1) is 0 Å². The van der Waals surface area contributed by atoms with Crippen LogP contribution < -0.4 is 10.5 Å². The standard InChI is InChI=1S/C8H15N3O3S/c1-2-7(6-9)8(12)11-4-3-5-15(10,13)14/h7H,2-5H2,1H3,(H,11,12)(H2,10,13,14). The van der Waals surface area contributed by atoms with E-state index in [0.29, 0.717) is 6.42 Å². The van der Waals surface area contributed by atoms with Gasteiger partial charge in [-0.1, -0.05) is 6.92 Å².